The van der Waals surface area contributed by atoms with Crippen LogP contribution in [-0.4, -0.2) is 25.4 Å². The van der Waals surface area contributed by atoms with Gasteiger partial charge in [-0.25, -0.2) is 4.98 Å². The molecule has 5 nitrogen and oxygen atoms in total. The maximum atomic E-state index is 12.2. The van der Waals surface area contributed by atoms with Gasteiger partial charge in [-0.2, -0.15) is 8.75 Å². The minimum Gasteiger partial charge on any atom is -0.323 e. The fourth-order valence-corrected chi connectivity index (χ4v) is 3.59. The van der Waals surface area contributed by atoms with Crippen molar-refractivity contribution < 1.29 is 4.79 Å². The molecule has 1 amide bonds. The lowest BCUT2D eigenvalue weighted by molar-refractivity contribution is -0.113. The molecule has 0 aliphatic heterocycles. The lowest BCUT2D eigenvalue weighted by atomic mass is 10.2. The van der Waals surface area contributed by atoms with Gasteiger partial charge in [-0.05, 0) is 24.3 Å². The summed E-state index contributed by atoms with van der Waals surface area (Å²) in [5, 5.41) is 4.82. The molecule has 4 rings (SSSR count). The number of rotatable bonds is 4. The van der Waals surface area contributed by atoms with E-state index in [1.807, 2.05) is 54.6 Å². The number of benzene rings is 2. The van der Waals surface area contributed by atoms with E-state index < -0.39 is 0 Å². The van der Waals surface area contributed by atoms with Crippen LogP contribution in [0.4, 0.5) is 5.69 Å². The smallest absolute Gasteiger partial charge is 0.234 e. The predicted molar refractivity (Wildman–Crippen MR) is 98.5 cm³/mol. The topological polar surface area (TPSA) is 67.8 Å². The number of carbonyl (C=O) groups excluding carboxylic acids is 1. The molecule has 2 heterocycles. The van der Waals surface area contributed by atoms with Crippen LogP contribution >= 0.6 is 23.5 Å². The SMILES string of the molecule is O=C(CSc1ccc2ccccc2n1)Nc1cccc2nsnc12. The van der Waals surface area contributed by atoms with Crippen LogP contribution in [0.25, 0.3) is 21.9 Å². The molecule has 0 fully saturated rings. The van der Waals surface area contributed by atoms with E-state index in [0.717, 1.165) is 38.7 Å². The Morgan fingerprint density at radius 3 is 2.83 bits per heavy atom. The molecule has 0 aliphatic carbocycles. The predicted octanol–water partition coefficient (Wildman–Crippen LogP) is 3.97. The van der Waals surface area contributed by atoms with Gasteiger partial charge in [0.2, 0.25) is 5.91 Å². The second kappa shape index (κ2) is 6.54. The number of para-hydroxylation sites is 1. The standard InChI is InChI=1S/C17H12N4OS2/c22-15(18-13-6-3-7-14-17(13)21-24-20-14)10-23-16-9-8-11-4-1-2-5-12(11)19-16/h1-9H,10H2,(H,18,22). The highest BCUT2D eigenvalue weighted by Crippen LogP contribution is 2.23. The molecule has 24 heavy (non-hydrogen) atoms. The molecular weight excluding hydrogens is 340 g/mol. The van der Waals surface area contributed by atoms with Gasteiger partial charge in [-0.15, -0.1) is 0 Å². The quantitative estimate of drug-likeness (QED) is 0.563. The van der Waals surface area contributed by atoms with Gasteiger partial charge >= 0.3 is 0 Å². The fourth-order valence-electron chi connectivity index (χ4n) is 2.36. The molecular formula is C17H12N4OS2. The molecule has 2 aromatic carbocycles. The summed E-state index contributed by atoms with van der Waals surface area (Å²) in [6.45, 7) is 0. The van der Waals surface area contributed by atoms with Crippen molar-refractivity contribution in [1.82, 2.24) is 13.7 Å². The zero-order valence-electron chi connectivity index (χ0n) is 12.5. The molecule has 118 valence electrons. The van der Waals surface area contributed by atoms with Crippen LogP contribution in [0.5, 0.6) is 0 Å². The van der Waals surface area contributed by atoms with E-state index in [1.165, 1.54) is 11.8 Å². The summed E-state index contributed by atoms with van der Waals surface area (Å²) in [6.07, 6.45) is 0. The first-order valence-corrected chi connectivity index (χ1v) is 9.01. The van der Waals surface area contributed by atoms with Crippen LogP contribution in [0.2, 0.25) is 0 Å². The van der Waals surface area contributed by atoms with Crippen molar-refractivity contribution in [2.75, 3.05) is 11.1 Å². The zero-order chi connectivity index (χ0) is 16.4. The maximum Gasteiger partial charge on any atom is 0.234 e. The monoisotopic (exact) mass is 352 g/mol. The Morgan fingerprint density at radius 2 is 1.88 bits per heavy atom. The van der Waals surface area contributed by atoms with Crippen molar-refractivity contribution in [3.8, 4) is 0 Å². The Bertz CT molecular complexity index is 1030. The average Bonchev–Trinajstić information content (AvgIpc) is 3.10. The first kappa shape index (κ1) is 15.0. The van der Waals surface area contributed by atoms with E-state index in [0.29, 0.717) is 11.4 Å². The van der Waals surface area contributed by atoms with E-state index in [2.05, 4.69) is 19.0 Å². The normalized spacial score (nSPS) is 11.0. The van der Waals surface area contributed by atoms with Crippen LogP contribution in [-0.2, 0) is 4.79 Å². The van der Waals surface area contributed by atoms with Crippen LogP contribution in [0.3, 0.4) is 0 Å². The van der Waals surface area contributed by atoms with E-state index >= 15 is 0 Å². The summed E-state index contributed by atoms with van der Waals surface area (Å²) in [7, 11) is 0. The summed E-state index contributed by atoms with van der Waals surface area (Å²) in [5.74, 6) is 0.203. The first-order valence-electron chi connectivity index (χ1n) is 7.29. The van der Waals surface area contributed by atoms with Gasteiger partial charge < -0.3 is 5.32 Å². The Kier molecular flexibility index (Phi) is 4.10. The number of pyridine rings is 1. The van der Waals surface area contributed by atoms with Gasteiger partial charge in [0.05, 0.1) is 33.7 Å². The van der Waals surface area contributed by atoms with E-state index in [4.69, 9.17) is 0 Å². The Balaban J connectivity index is 1.45. The summed E-state index contributed by atoms with van der Waals surface area (Å²) in [5.41, 5.74) is 3.14. The van der Waals surface area contributed by atoms with E-state index in [1.54, 1.807) is 0 Å². The number of fused-ring (bicyclic) bond motifs is 2. The number of hydrogen-bond acceptors (Lipinski definition) is 6. The minimum atomic E-state index is -0.0875. The van der Waals surface area contributed by atoms with Crippen molar-refractivity contribution in [2.24, 2.45) is 0 Å². The third kappa shape index (κ3) is 3.08. The van der Waals surface area contributed by atoms with Crippen LogP contribution in [0, 0.1) is 0 Å². The van der Waals surface area contributed by atoms with E-state index in [9.17, 15) is 4.79 Å². The molecule has 4 aromatic rings. The molecule has 0 bridgehead atoms. The first-order chi connectivity index (χ1) is 11.8. The largest absolute Gasteiger partial charge is 0.323 e. The number of aromatic nitrogens is 3. The summed E-state index contributed by atoms with van der Waals surface area (Å²) in [6, 6.07) is 17.5. The number of anilines is 1. The molecule has 0 radical (unpaired) electrons. The molecule has 0 aliphatic rings. The number of nitrogens with one attached hydrogen (secondary N) is 1. The van der Waals surface area contributed by atoms with Gasteiger partial charge in [0.15, 0.2) is 0 Å². The van der Waals surface area contributed by atoms with Crippen LogP contribution in [0.1, 0.15) is 0 Å². The Labute approximate surface area is 146 Å². The molecule has 0 saturated carbocycles. The molecule has 7 heteroatoms. The summed E-state index contributed by atoms with van der Waals surface area (Å²) < 4.78 is 8.39. The number of carbonyl (C=O) groups is 1. The summed E-state index contributed by atoms with van der Waals surface area (Å²) >= 11 is 2.55. The minimum absolute atomic E-state index is 0.0875. The molecule has 0 unspecified atom stereocenters. The van der Waals surface area contributed by atoms with Crippen LogP contribution < -0.4 is 5.32 Å². The molecule has 2 aromatic heterocycles. The van der Waals surface area contributed by atoms with E-state index in [-0.39, 0.29) is 5.91 Å². The van der Waals surface area contributed by atoms with Crippen molar-refractivity contribution in [1.29, 1.82) is 0 Å². The lowest BCUT2D eigenvalue weighted by Gasteiger charge is -2.06. The average molecular weight is 352 g/mol. The summed E-state index contributed by atoms with van der Waals surface area (Å²) in [4.78, 5) is 16.8. The number of thioether (sulfide) groups is 1. The maximum absolute atomic E-state index is 12.2. The van der Waals surface area contributed by atoms with Gasteiger partial charge in [0.25, 0.3) is 0 Å². The number of nitrogens with zero attached hydrogens (tertiary/aromatic N) is 3. The lowest BCUT2D eigenvalue weighted by Crippen LogP contribution is -2.14. The number of hydrogen-bond donors (Lipinski definition) is 1. The third-order valence-electron chi connectivity index (χ3n) is 3.48. The van der Waals surface area contributed by atoms with Crippen molar-refractivity contribution >= 4 is 57.0 Å². The number of amides is 1. The Morgan fingerprint density at radius 1 is 1.00 bits per heavy atom. The Hall–Kier alpha value is -2.51. The molecule has 0 saturated heterocycles. The van der Waals surface area contributed by atoms with Crippen molar-refractivity contribution in [3.63, 3.8) is 0 Å². The molecule has 0 spiro atoms. The van der Waals surface area contributed by atoms with Gasteiger partial charge in [-0.3, -0.25) is 4.79 Å². The second-order valence-corrected chi connectivity index (χ2v) is 6.64. The van der Waals surface area contributed by atoms with Gasteiger partial charge in [0.1, 0.15) is 11.0 Å². The highest BCUT2D eigenvalue weighted by molar-refractivity contribution is 7.99. The molecule has 0 atom stereocenters. The third-order valence-corrected chi connectivity index (χ3v) is 4.96. The van der Waals surface area contributed by atoms with Gasteiger partial charge in [-0.1, -0.05) is 42.1 Å². The van der Waals surface area contributed by atoms with Crippen molar-refractivity contribution in [3.05, 3.63) is 54.6 Å². The second-order valence-electron chi connectivity index (χ2n) is 5.12. The van der Waals surface area contributed by atoms with Crippen molar-refractivity contribution in [2.45, 2.75) is 5.03 Å². The van der Waals surface area contributed by atoms with Crippen LogP contribution in [0.15, 0.2) is 59.6 Å². The van der Waals surface area contributed by atoms with Gasteiger partial charge in [0, 0.05) is 5.39 Å². The molecule has 1 N–H and O–H groups in total. The highest BCUT2D eigenvalue weighted by Gasteiger charge is 2.09. The fraction of sp³-hybridized carbons (Fsp3) is 0.0588. The highest BCUT2D eigenvalue weighted by atomic mass is 32.2. The zero-order valence-corrected chi connectivity index (χ0v) is 14.1.